The number of rotatable bonds is 2. The molecular weight excluding hydrogens is 257 g/mol. The van der Waals surface area contributed by atoms with Crippen molar-refractivity contribution in [1.82, 2.24) is 0 Å². The average molecular weight is 273 g/mol. The Morgan fingerprint density at radius 3 is 2.47 bits per heavy atom. The van der Waals surface area contributed by atoms with E-state index >= 15 is 0 Å². The van der Waals surface area contributed by atoms with E-state index in [0.717, 1.165) is 37.3 Å². The van der Waals surface area contributed by atoms with Crippen LogP contribution in [-0.2, 0) is 0 Å². The first-order valence-electron chi connectivity index (χ1n) is 6.25. The minimum atomic E-state index is -4.65. The Balaban J connectivity index is 1.96. The molecule has 1 aromatic rings. The van der Waals surface area contributed by atoms with Crippen LogP contribution >= 0.6 is 0 Å². The number of ether oxygens (including phenoxy) is 1. The lowest BCUT2D eigenvalue weighted by Crippen LogP contribution is -2.74. The fraction of sp³-hybridized carbons (Fsp3) is 0.462. The average Bonchev–Trinajstić information content (AvgIpc) is 2.58. The maximum Gasteiger partial charge on any atom is 0.573 e. The maximum absolute atomic E-state index is 12.0. The van der Waals surface area contributed by atoms with E-state index in [1.54, 1.807) is 12.1 Å². The lowest BCUT2D eigenvalue weighted by atomic mass is 10.2. The molecule has 0 fully saturated rings. The van der Waals surface area contributed by atoms with Crippen molar-refractivity contribution in [3.05, 3.63) is 24.3 Å². The molecule has 1 aliphatic heterocycles. The summed E-state index contributed by atoms with van der Waals surface area (Å²) in [5.74, 6) is 0.805. The summed E-state index contributed by atoms with van der Waals surface area (Å²) in [4.78, 5) is 3.28. The second-order valence-corrected chi connectivity index (χ2v) is 4.41. The van der Waals surface area contributed by atoms with Crippen molar-refractivity contribution in [3.8, 4) is 5.75 Å². The zero-order valence-corrected chi connectivity index (χ0v) is 10.4. The smallest absolute Gasteiger partial charge is 0.406 e. The molecule has 0 bridgehead atoms. The third-order valence-electron chi connectivity index (χ3n) is 2.83. The zero-order chi connectivity index (χ0) is 13.7. The predicted molar refractivity (Wildman–Crippen MR) is 66.1 cm³/mol. The van der Waals surface area contributed by atoms with E-state index in [4.69, 9.17) is 0 Å². The molecule has 6 heteroatoms. The van der Waals surface area contributed by atoms with Gasteiger partial charge in [0, 0.05) is 6.42 Å². The van der Waals surface area contributed by atoms with E-state index in [0.29, 0.717) is 0 Å². The van der Waals surface area contributed by atoms with Crippen LogP contribution in [0.3, 0.4) is 0 Å². The molecule has 0 aliphatic carbocycles. The Kier molecular flexibility index (Phi) is 4.29. The van der Waals surface area contributed by atoms with Crippen LogP contribution in [0, 0.1) is 0 Å². The van der Waals surface area contributed by atoms with Crippen LogP contribution in [-0.4, -0.2) is 18.7 Å². The van der Waals surface area contributed by atoms with E-state index in [2.05, 4.69) is 15.0 Å². The zero-order valence-electron chi connectivity index (χ0n) is 10.4. The molecule has 3 nitrogen and oxygen atoms in total. The summed E-state index contributed by atoms with van der Waals surface area (Å²) in [6.45, 7) is 0.928. The van der Waals surface area contributed by atoms with Gasteiger partial charge >= 0.3 is 6.36 Å². The third kappa shape index (κ3) is 4.81. The summed E-state index contributed by atoms with van der Waals surface area (Å²) in [7, 11) is 0. The molecule has 0 aromatic heterocycles. The van der Waals surface area contributed by atoms with Crippen molar-refractivity contribution < 1.29 is 22.9 Å². The molecule has 1 aliphatic rings. The summed E-state index contributed by atoms with van der Waals surface area (Å²) >= 11 is 0. The first-order valence-corrected chi connectivity index (χ1v) is 6.25. The normalized spacial score (nSPS) is 16.5. The lowest BCUT2D eigenvalue weighted by Gasteiger charge is -2.08. The van der Waals surface area contributed by atoms with Crippen LogP contribution in [0.25, 0.3) is 0 Å². The van der Waals surface area contributed by atoms with Gasteiger partial charge in [-0.15, -0.1) is 13.2 Å². The number of nitrogens with one attached hydrogen (secondary N) is 2. The quantitative estimate of drug-likeness (QED) is 0.865. The van der Waals surface area contributed by atoms with E-state index in [1.807, 2.05) is 0 Å². The molecular formula is C13H16F3N2O+. The first-order chi connectivity index (χ1) is 9.03. The number of hydrogen-bond donors (Lipinski definition) is 2. The Bertz CT molecular complexity index is 440. The van der Waals surface area contributed by atoms with Crippen molar-refractivity contribution in [1.29, 1.82) is 0 Å². The van der Waals surface area contributed by atoms with Crippen LogP contribution in [0.15, 0.2) is 24.3 Å². The fourth-order valence-electron chi connectivity index (χ4n) is 1.95. The van der Waals surface area contributed by atoms with Crippen molar-refractivity contribution in [2.45, 2.75) is 32.0 Å². The lowest BCUT2D eigenvalue weighted by molar-refractivity contribution is -0.457. The second kappa shape index (κ2) is 5.95. The van der Waals surface area contributed by atoms with Crippen molar-refractivity contribution >= 4 is 11.5 Å². The molecule has 0 spiro atoms. The molecule has 104 valence electrons. The second-order valence-electron chi connectivity index (χ2n) is 4.41. The standard InChI is InChI=1S/C13H15F3N2O/c14-13(15,16)19-11-7-5-10(6-8-11)18-12-4-2-1-3-9-17-12/h5-8H,1-4,9H2,(H,17,18)/p+1. The molecule has 0 radical (unpaired) electrons. The first kappa shape index (κ1) is 13.7. The summed E-state index contributed by atoms with van der Waals surface area (Å²) in [6.07, 6.45) is -0.266. The Morgan fingerprint density at radius 1 is 1.05 bits per heavy atom. The molecule has 2 N–H and O–H groups in total. The van der Waals surface area contributed by atoms with Gasteiger partial charge in [0.2, 0.25) is 5.84 Å². The van der Waals surface area contributed by atoms with E-state index in [1.165, 1.54) is 18.6 Å². The Morgan fingerprint density at radius 2 is 1.79 bits per heavy atom. The predicted octanol–water partition coefficient (Wildman–Crippen LogP) is 2.05. The molecule has 2 rings (SSSR count). The molecule has 19 heavy (non-hydrogen) atoms. The van der Waals surface area contributed by atoms with Gasteiger partial charge in [0.25, 0.3) is 0 Å². The number of amidine groups is 1. The highest BCUT2D eigenvalue weighted by molar-refractivity contribution is 5.91. The fourth-order valence-corrected chi connectivity index (χ4v) is 1.95. The van der Waals surface area contributed by atoms with Crippen LogP contribution in [0.1, 0.15) is 25.7 Å². The minimum Gasteiger partial charge on any atom is -0.406 e. The molecule has 1 aromatic carbocycles. The van der Waals surface area contributed by atoms with Gasteiger partial charge in [-0.3, -0.25) is 4.99 Å². The SMILES string of the molecule is FC(F)(F)Oc1ccc(NC2=[NH+]CCCCC2)cc1. The summed E-state index contributed by atoms with van der Waals surface area (Å²) < 4.78 is 39.8. The van der Waals surface area contributed by atoms with E-state index in [-0.39, 0.29) is 5.75 Å². The van der Waals surface area contributed by atoms with Gasteiger partial charge in [-0.2, -0.15) is 0 Å². The molecule has 1 heterocycles. The van der Waals surface area contributed by atoms with E-state index < -0.39 is 6.36 Å². The Hall–Kier alpha value is -1.72. The molecule has 0 amide bonds. The van der Waals surface area contributed by atoms with Gasteiger partial charge < -0.3 is 4.74 Å². The van der Waals surface area contributed by atoms with Gasteiger partial charge in [-0.05, 0) is 43.5 Å². The number of alkyl halides is 3. The number of benzene rings is 1. The van der Waals surface area contributed by atoms with Gasteiger partial charge in [0.15, 0.2) is 0 Å². The Labute approximate surface area is 109 Å². The van der Waals surface area contributed by atoms with Crippen LogP contribution in [0.4, 0.5) is 18.9 Å². The van der Waals surface area contributed by atoms with Gasteiger partial charge in [0.05, 0.1) is 6.54 Å². The van der Waals surface area contributed by atoms with Crippen LogP contribution < -0.4 is 15.0 Å². The molecule has 0 atom stereocenters. The van der Waals surface area contributed by atoms with Crippen molar-refractivity contribution in [3.63, 3.8) is 0 Å². The van der Waals surface area contributed by atoms with Crippen molar-refractivity contribution in [2.75, 3.05) is 11.9 Å². The van der Waals surface area contributed by atoms with Crippen LogP contribution in [0.2, 0.25) is 0 Å². The minimum absolute atomic E-state index is 0.211. The van der Waals surface area contributed by atoms with Gasteiger partial charge in [0.1, 0.15) is 11.4 Å². The highest BCUT2D eigenvalue weighted by atomic mass is 19.4. The summed E-state index contributed by atoms with van der Waals surface area (Å²) in [5, 5.41) is 3.18. The van der Waals surface area contributed by atoms with Gasteiger partial charge in [-0.25, -0.2) is 5.32 Å². The maximum atomic E-state index is 12.0. The molecule has 0 unspecified atom stereocenters. The van der Waals surface area contributed by atoms with Crippen molar-refractivity contribution in [2.24, 2.45) is 0 Å². The van der Waals surface area contributed by atoms with Crippen LogP contribution in [0.5, 0.6) is 5.75 Å². The highest BCUT2D eigenvalue weighted by Crippen LogP contribution is 2.23. The molecule has 0 saturated heterocycles. The highest BCUT2D eigenvalue weighted by Gasteiger charge is 2.31. The third-order valence-corrected chi connectivity index (χ3v) is 2.83. The largest absolute Gasteiger partial charge is 0.573 e. The monoisotopic (exact) mass is 273 g/mol. The topological polar surface area (TPSA) is 35.2 Å². The van der Waals surface area contributed by atoms with Gasteiger partial charge in [-0.1, -0.05) is 0 Å². The number of hydrogen-bond acceptors (Lipinski definition) is 2. The number of anilines is 1. The summed E-state index contributed by atoms with van der Waals surface area (Å²) in [6, 6.07) is 5.74. The number of halogens is 3. The van der Waals surface area contributed by atoms with E-state index in [9.17, 15) is 13.2 Å². The molecule has 0 saturated carbocycles. The summed E-state index contributed by atoms with van der Waals surface area (Å²) in [5.41, 5.74) is 0.749.